The maximum absolute atomic E-state index is 9.10. The highest BCUT2D eigenvalue weighted by Crippen LogP contribution is 1.45. The maximum atomic E-state index is 9.10. The van der Waals surface area contributed by atoms with Gasteiger partial charge in [-0.1, -0.05) is 4.79 Å². The number of nitrogens with zero attached hydrogens (tertiary/aromatic N) is 3. The average molecular weight is 87.0 g/mol. The second-order valence-electron chi connectivity index (χ2n) is 0.516. The molecule has 0 aromatic rings. The standard InChI is InChI=1S/CHN3O2/c2-3-1-4(5)6/h1H. The van der Waals surface area contributed by atoms with Crippen LogP contribution in [0.5, 0.6) is 0 Å². The van der Waals surface area contributed by atoms with Crippen LogP contribution in [0.15, 0.2) is 0 Å². The monoisotopic (exact) mass is 87.0 g/mol. The topological polar surface area (TPSA) is 79.5 Å². The molecule has 0 atom stereocenters. The van der Waals surface area contributed by atoms with E-state index >= 15 is 0 Å². The Morgan fingerprint density at radius 3 is 2.50 bits per heavy atom. The molecular formula is CHN3O2. The Bertz CT molecular complexity index is 101. The SMILES string of the molecule is [N-]=[N+]=C[N+](=O)[O-]. The summed E-state index contributed by atoms with van der Waals surface area (Å²) in [6, 6.07) is 0. The maximum Gasteiger partial charge on any atom is 0.566 e. The van der Waals surface area contributed by atoms with Crippen molar-refractivity contribution in [2.24, 2.45) is 0 Å². The Morgan fingerprint density at radius 1 is 2.00 bits per heavy atom. The summed E-state index contributed by atoms with van der Waals surface area (Å²) in [5, 5.41) is 9.10. The number of hydrogen-bond acceptors (Lipinski definition) is 2. The van der Waals surface area contributed by atoms with Gasteiger partial charge in [0.15, 0.2) is 0 Å². The van der Waals surface area contributed by atoms with Crippen LogP contribution >= 0.6 is 0 Å². The van der Waals surface area contributed by atoms with Crippen molar-refractivity contribution >= 4 is 6.34 Å². The second kappa shape index (κ2) is 2.04. The van der Waals surface area contributed by atoms with Crippen LogP contribution in [-0.2, 0) is 0 Å². The first kappa shape index (κ1) is 4.78. The van der Waals surface area contributed by atoms with Crippen LogP contribution in [0.2, 0.25) is 0 Å². The normalized spacial score (nSPS) is 6.00. The summed E-state index contributed by atoms with van der Waals surface area (Å²) in [5.41, 5.74) is 7.36. The van der Waals surface area contributed by atoms with Crippen LogP contribution in [0.3, 0.4) is 0 Å². The van der Waals surface area contributed by atoms with Crippen LogP contribution in [0.4, 0.5) is 0 Å². The number of rotatable bonds is 1. The molecule has 0 aliphatic rings. The second-order valence-corrected chi connectivity index (χ2v) is 0.516. The van der Waals surface area contributed by atoms with Gasteiger partial charge in [0.25, 0.3) is 0 Å². The lowest BCUT2D eigenvalue weighted by Crippen LogP contribution is -1.91. The highest BCUT2D eigenvalue weighted by Gasteiger charge is 1.85. The third-order valence-electron chi connectivity index (χ3n) is 0.146. The van der Waals surface area contributed by atoms with Gasteiger partial charge in [0.2, 0.25) is 0 Å². The molecule has 0 heterocycles. The molecule has 32 valence electrons. The zero-order valence-corrected chi connectivity index (χ0v) is 2.74. The van der Waals surface area contributed by atoms with Gasteiger partial charge in [-0.15, -0.1) is 0 Å². The summed E-state index contributed by atoms with van der Waals surface area (Å²) in [6.07, 6.45) is 0.194. The van der Waals surface area contributed by atoms with Crippen molar-refractivity contribution in [2.75, 3.05) is 0 Å². The van der Waals surface area contributed by atoms with E-state index in [0.29, 0.717) is 0 Å². The van der Waals surface area contributed by atoms with Gasteiger partial charge in [0, 0.05) is 0 Å². The van der Waals surface area contributed by atoms with Gasteiger partial charge >= 0.3 is 6.34 Å². The molecule has 0 aliphatic heterocycles. The average Bonchev–Trinajstić information content (AvgIpc) is 1.35. The van der Waals surface area contributed by atoms with E-state index in [2.05, 4.69) is 4.79 Å². The minimum atomic E-state index is -0.861. The van der Waals surface area contributed by atoms with E-state index in [9.17, 15) is 0 Å². The summed E-state index contributed by atoms with van der Waals surface area (Å²) in [7, 11) is 0. The van der Waals surface area contributed by atoms with Crippen LogP contribution in [-0.4, -0.2) is 16.1 Å². The summed E-state index contributed by atoms with van der Waals surface area (Å²) >= 11 is 0. The van der Waals surface area contributed by atoms with Gasteiger partial charge in [-0.3, -0.25) is 10.1 Å². The Hall–Kier alpha value is -1.22. The van der Waals surface area contributed by atoms with Crippen molar-refractivity contribution < 1.29 is 9.71 Å². The first-order valence-corrected chi connectivity index (χ1v) is 1.08. The quantitative estimate of drug-likeness (QED) is 0.108. The van der Waals surface area contributed by atoms with E-state index in [1.807, 2.05) is 0 Å². The molecule has 0 unspecified atom stereocenters. The number of nitro groups is 1. The van der Waals surface area contributed by atoms with E-state index in [0.717, 1.165) is 0 Å². The molecule has 0 spiro atoms. The van der Waals surface area contributed by atoms with Crippen LogP contribution in [0.25, 0.3) is 5.53 Å². The molecule has 0 N–H and O–H groups in total. The number of hydrogen-bond donors (Lipinski definition) is 0. The largest absolute Gasteiger partial charge is 0.566 e. The minimum absolute atomic E-state index is 0.194. The van der Waals surface area contributed by atoms with Crippen molar-refractivity contribution in [3.63, 3.8) is 0 Å². The highest BCUT2D eigenvalue weighted by molar-refractivity contribution is 5.34. The van der Waals surface area contributed by atoms with E-state index in [-0.39, 0.29) is 6.34 Å². The Balaban J connectivity index is 3.60. The molecular weight excluding hydrogens is 86.0 g/mol. The highest BCUT2D eigenvalue weighted by atomic mass is 16.6. The fourth-order valence-electron chi connectivity index (χ4n) is 0.0422. The van der Waals surface area contributed by atoms with Crippen LogP contribution < -0.4 is 0 Å². The minimum Gasteiger partial charge on any atom is -0.354 e. The van der Waals surface area contributed by atoms with Crippen LogP contribution in [0, 0.1) is 10.1 Å². The van der Waals surface area contributed by atoms with E-state index < -0.39 is 4.92 Å². The molecule has 6 heavy (non-hydrogen) atoms. The smallest absolute Gasteiger partial charge is 0.354 e. The van der Waals surface area contributed by atoms with Crippen LogP contribution in [0.1, 0.15) is 0 Å². The van der Waals surface area contributed by atoms with Gasteiger partial charge in [-0.25, -0.2) is 0 Å². The molecule has 0 saturated heterocycles. The molecule has 0 aromatic carbocycles. The van der Waals surface area contributed by atoms with Gasteiger partial charge in [-0.2, -0.15) is 0 Å². The molecule has 5 nitrogen and oxygen atoms in total. The molecule has 0 aliphatic carbocycles. The van der Waals surface area contributed by atoms with Crippen molar-refractivity contribution in [2.45, 2.75) is 0 Å². The van der Waals surface area contributed by atoms with Gasteiger partial charge in [0.1, 0.15) is 4.92 Å². The summed E-state index contributed by atoms with van der Waals surface area (Å²) in [5.74, 6) is 0. The Morgan fingerprint density at radius 2 is 2.50 bits per heavy atom. The Labute approximate surface area is 33.0 Å². The first-order valence-electron chi connectivity index (χ1n) is 1.08. The lowest BCUT2D eigenvalue weighted by Gasteiger charge is -1.58. The molecule has 0 fully saturated rings. The lowest BCUT2D eigenvalue weighted by molar-refractivity contribution is -0.369. The van der Waals surface area contributed by atoms with Gasteiger partial charge in [0.05, 0.1) is 0 Å². The third-order valence-corrected chi connectivity index (χ3v) is 0.146. The van der Waals surface area contributed by atoms with Gasteiger partial charge in [-0.05, 0) is 0 Å². The fourth-order valence-corrected chi connectivity index (χ4v) is 0.0422. The van der Waals surface area contributed by atoms with Crippen molar-refractivity contribution in [3.8, 4) is 0 Å². The summed E-state index contributed by atoms with van der Waals surface area (Å²) in [6.45, 7) is 0. The molecule has 0 amide bonds. The lowest BCUT2D eigenvalue weighted by atomic mass is 11.4. The third kappa shape index (κ3) is 2.78. The predicted octanol–water partition coefficient (Wildman–Crippen LogP) is -0.479. The van der Waals surface area contributed by atoms with E-state index in [1.165, 1.54) is 0 Å². The summed E-state index contributed by atoms with van der Waals surface area (Å²) < 4.78 is 0. The summed E-state index contributed by atoms with van der Waals surface area (Å²) in [4.78, 5) is 10.3. The zero-order chi connectivity index (χ0) is 4.99. The van der Waals surface area contributed by atoms with E-state index in [1.54, 1.807) is 0 Å². The van der Waals surface area contributed by atoms with E-state index in [4.69, 9.17) is 15.6 Å². The van der Waals surface area contributed by atoms with Crippen molar-refractivity contribution in [3.05, 3.63) is 15.6 Å². The molecule has 5 heteroatoms. The van der Waals surface area contributed by atoms with Crippen molar-refractivity contribution in [1.82, 2.24) is 0 Å². The fraction of sp³-hybridized carbons (Fsp3) is 0. The molecule has 0 saturated carbocycles. The molecule has 0 radical (unpaired) electrons. The predicted molar refractivity (Wildman–Crippen MR) is 16.7 cm³/mol. The Kier molecular flexibility index (Phi) is 1.63. The first-order chi connectivity index (χ1) is 2.77. The molecule has 0 aromatic heterocycles. The molecule has 0 rings (SSSR count). The van der Waals surface area contributed by atoms with Crippen molar-refractivity contribution in [1.29, 1.82) is 0 Å². The zero-order valence-electron chi connectivity index (χ0n) is 2.74. The van der Waals surface area contributed by atoms with Gasteiger partial charge < -0.3 is 5.53 Å². The molecule has 0 bridgehead atoms.